The Hall–Kier alpha value is 1.78. The summed E-state index contributed by atoms with van der Waals surface area (Å²) in [4.78, 5) is 48.7. The van der Waals surface area contributed by atoms with E-state index in [2.05, 4.69) is 0 Å². The van der Waals surface area contributed by atoms with Gasteiger partial charge in [0.15, 0.2) is 0 Å². The molecule has 88 valence electrons. The van der Waals surface area contributed by atoms with Gasteiger partial charge >= 0.3 is 21.8 Å². The Labute approximate surface area is 101 Å². The highest BCUT2D eigenvalue weighted by Gasteiger charge is 2.50. The molecular weight excluding hydrogens is 312 g/mol. The second-order valence-corrected chi connectivity index (χ2v) is 5.43. The molecule has 6 N–H and O–H groups in total. The molecule has 0 aromatic rings. The zero-order valence-corrected chi connectivity index (χ0v) is 11.0. The molecular formula is CH12Cl4O6P2+2. The van der Waals surface area contributed by atoms with Crippen LogP contribution in [-0.4, -0.2) is 35.3 Å². The molecule has 12 heteroatoms. The lowest BCUT2D eigenvalue weighted by molar-refractivity contribution is 0.311. The van der Waals surface area contributed by atoms with Gasteiger partial charge in [0, 0.05) is 0 Å². The van der Waals surface area contributed by atoms with E-state index in [9.17, 15) is 0 Å². The van der Waals surface area contributed by atoms with Crippen LogP contribution in [0.15, 0.2) is 0 Å². The van der Waals surface area contributed by atoms with Gasteiger partial charge in [-0.3, -0.25) is 0 Å². The topological polar surface area (TPSA) is 121 Å². The normalized spacial score (nSPS) is 9.69. The Bertz CT molecular complexity index is 87.8. The summed E-state index contributed by atoms with van der Waals surface area (Å²) in [7, 11) is -8.48. The predicted octanol–water partition coefficient (Wildman–Crippen LogP) is 0.110. The van der Waals surface area contributed by atoms with E-state index >= 15 is 0 Å². The third-order valence-electron chi connectivity index (χ3n) is 0.379. The van der Waals surface area contributed by atoms with Gasteiger partial charge in [0.2, 0.25) is 0 Å². The number of halogens is 4. The highest BCUT2D eigenvalue weighted by molar-refractivity contribution is 7.76. The molecule has 13 heavy (non-hydrogen) atoms. The summed E-state index contributed by atoms with van der Waals surface area (Å²) < 4.78 is 0. The summed E-state index contributed by atoms with van der Waals surface area (Å²) in [6, 6.07) is 0. The highest BCUT2D eigenvalue weighted by Crippen LogP contribution is 2.61. The first kappa shape index (κ1) is 29.3. The Morgan fingerprint density at radius 1 is 0.538 bits per heavy atom. The van der Waals surface area contributed by atoms with Crippen molar-refractivity contribution < 1.29 is 29.4 Å². The van der Waals surface area contributed by atoms with Crippen LogP contribution in [0.5, 0.6) is 0 Å². The summed E-state index contributed by atoms with van der Waals surface area (Å²) in [6.45, 7) is 0. The second kappa shape index (κ2) is 10.3. The van der Waals surface area contributed by atoms with Crippen molar-refractivity contribution in [3.8, 4) is 0 Å². The average Bonchev–Trinajstić information content (AvgIpc) is 1.14. The summed E-state index contributed by atoms with van der Waals surface area (Å²) in [5, 5.41) is 0. The van der Waals surface area contributed by atoms with Gasteiger partial charge < -0.3 is 0 Å². The van der Waals surface area contributed by atoms with Crippen molar-refractivity contribution in [3.63, 3.8) is 0 Å². The zero-order chi connectivity index (χ0) is 7.71. The fourth-order valence-corrected chi connectivity index (χ4v) is 2.29. The van der Waals surface area contributed by atoms with Crippen LogP contribution in [0.2, 0.25) is 0 Å². The smallest absolute Gasteiger partial charge is 0.190 e. The van der Waals surface area contributed by atoms with E-state index in [0.717, 1.165) is 0 Å². The van der Waals surface area contributed by atoms with Crippen molar-refractivity contribution in [2.75, 3.05) is 5.90 Å². The van der Waals surface area contributed by atoms with Crippen LogP contribution < -0.4 is 0 Å². The Morgan fingerprint density at radius 2 is 0.692 bits per heavy atom. The molecule has 0 radical (unpaired) electrons. The molecule has 0 rings (SSSR count). The van der Waals surface area contributed by atoms with E-state index in [1.165, 1.54) is 0 Å². The third-order valence-corrected chi connectivity index (χ3v) is 3.42. The van der Waals surface area contributed by atoms with Crippen LogP contribution in [0, 0.1) is 0 Å². The lowest BCUT2D eigenvalue weighted by Crippen LogP contribution is -2.00. The Balaban J connectivity index is -0.0000000533. The molecule has 0 fully saturated rings. The molecule has 0 amide bonds. The molecule has 0 saturated heterocycles. The van der Waals surface area contributed by atoms with E-state index < -0.39 is 21.8 Å². The minimum atomic E-state index is -4.24. The fourth-order valence-electron chi connectivity index (χ4n) is 0.255. The van der Waals surface area contributed by atoms with Gasteiger partial charge in [0.1, 0.15) is 0 Å². The highest BCUT2D eigenvalue weighted by atomic mass is 35.5. The van der Waals surface area contributed by atoms with Crippen LogP contribution in [0.3, 0.4) is 0 Å². The van der Waals surface area contributed by atoms with Gasteiger partial charge in [-0.15, -0.1) is 49.6 Å². The van der Waals surface area contributed by atoms with Gasteiger partial charge in [-0.25, -0.2) is 0 Å². The first-order chi connectivity index (χ1) is 3.71. The summed E-state index contributed by atoms with van der Waals surface area (Å²) >= 11 is 0. The van der Waals surface area contributed by atoms with Gasteiger partial charge in [-0.05, 0) is 0 Å². The lowest BCUT2D eigenvalue weighted by Gasteiger charge is -2.03. The van der Waals surface area contributed by atoms with E-state index in [1.54, 1.807) is 0 Å². The van der Waals surface area contributed by atoms with Crippen LogP contribution >= 0.6 is 65.5 Å². The predicted molar refractivity (Wildman–Crippen MR) is 61.0 cm³/mol. The van der Waals surface area contributed by atoms with Crippen LogP contribution in [0.4, 0.5) is 0 Å². The minimum absolute atomic E-state index is 0. The van der Waals surface area contributed by atoms with Crippen LogP contribution in [0.1, 0.15) is 0 Å². The molecule has 0 aromatic heterocycles. The fraction of sp³-hybridized carbons (Fsp3) is 1.00. The number of rotatable bonds is 2. The molecule has 6 nitrogen and oxygen atoms in total. The number of hydrogen-bond acceptors (Lipinski definition) is 6. The molecule has 0 aliphatic carbocycles. The van der Waals surface area contributed by atoms with Crippen molar-refractivity contribution in [3.05, 3.63) is 0 Å². The molecule has 0 saturated carbocycles. The standard InChI is InChI=1S/CH8O6P2.4ClH/c2-8(3,4)1-9(5,6)7;;;;/h2-7H,1H2;4*1H/q+2;;;;. The molecule has 0 bridgehead atoms. The summed E-state index contributed by atoms with van der Waals surface area (Å²) in [5.41, 5.74) is 0. The Kier molecular flexibility index (Phi) is 23.3. The van der Waals surface area contributed by atoms with Crippen LogP contribution in [-0.2, 0) is 0 Å². The molecule has 0 spiro atoms. The van der Waals surface area contributed by atoms with Gasteiger partial charge in [0.25, 0.3) is 0 Å². The maximum Gasteiger partial charge on any atom is 0.451 e. The minimum Gasteiger partial charge on any atom is -0.190 e. The summed E-state index contributed by atoms with van der Waals surface area (Å²) in [6.07, 6.45) is 0. The molecule has 0 aliphatic heterocycles. The van der Waals surface area contributed by atoms with Gasteiger partial charge in [0.05, 0.1) is 0 Å². The lowest BCUT2D eigenvalue weighted by atomic mass is 11.9. The van der Waals surface area contributed by atoms with E-state index in [1.807, 2.05) is 0 Å². The van der Waals surface area contributed by atoms with Crippen LogP contribution in [0.25, 0.3) is 0 Å². The molecule has 0 atom stereocenters. The zero-order valence-electron chi connectivity index (χ0n) is 5.92. The van der Waals surface area contributed by atoms with Gasteiger partial charge in [-0.2, -0.15) is 29.4 Å². The van der Waals surface area contributed by atoms with Crippen molar-refractivity contribution in [2.45, 2.75) is 0 Å². The third kappa shape index (κ3) is 31.6. The van der Waals surface area contributed by atoms with Crippen molar-refractivity contribution >= 4 is 65.5 Å². The maximum absolute atomic E-state index is 8.12. The largest absolute Gasteiger partial charge is 0.451 e. The molecule has 0 aliphatic rings. The Morgan fingerprint density at radius 3 is 0.692 bits per heavy atom. The second-order valence-electron chi connectivity index (χ2n) is 1.53. The molecule has 0 heterocycles. The van der Waals surface area contributed by atoms with Crippen molar-refractivity contribution in [1.82, 2.24) is 0 Å². The molecule has 0 aromatic carbocycles. The SMILES string of the molecule is Cl.Cl.Cl.Cl.O[P+](O)(O)C[P+](O)(O)O. The first-order valence-electron chi connectivity index (χ1n) is 1.83. The van der Waals surface area contributed by atoms with Crippen molar-refractivity contribution in [2.24, 2.45) is 0 Å². The quantitative estimate of drug-likeness (QED) is 0.401. The molecule has 0 unspecified atom stereocenters. The van der Waals surface area contributed by atoms with Crippen molar-refractivity contribution in [1.29, 1.82) is 0 Å². The number of hydrogen-bond donors (Lipinski definition) is 6. The van der Waals surface area contributed by atoms with E-state index in [-0.39, 0.29) is 49.6 Å². The maximum atomic E-state index is 8.12. The average molecular weight is 324 g/mol. The van der Waals surface area contributed by atoms with E-state index in [4.69, 9.17) is 29.4 Å². The van der Waals surface area contributed by atoms with Gasteiger partial charge in [-0.1, -0.05) is 0 Å². The monoisotopic (exact) mass is 322 g/mol. The first-order valence-corrected chi connectivity index (χ1v) is 5.50. The van der Waals surface area contributed by atoms with E-state index in [0.29, 0.717) is 0 Å². The summed E-state index contributed by atoms with van der Waals surface area (Å²) in [5.74, 6) is -1.15.